The van der Waals surface area contributed by atoms with Crippen molar-refractivity contribution in [3.63, 3.8) is 0 Å². The van der Waals surface area contributed by atoms with Crippen LogP contribution >= 0.6 is 23.4 Å². The van der Waals surface area contributed by atoms with E-state index in [-0.39, 0.29) is 6.42 Å². The summed E-state index contributed by atoms with van der Waals surface area (Å²) < 4.78 is 0. The average Bonchev–Trinajstić information content (AvgIpc) is 2.25. The number of carboxylic acids is 1. The van der Waals surface area contributed by atoms with E-state index in [9.17, 15) is 4.79 Å². The van der Waals surface area contributed by atoms with E-state index in [0.717, 1.165) is 9.80 Å². The molecule has 0 amide bonds. The van der Waals surface area contributed by atoms with Crippen molar-refractivity contribution in [2.75, 3.05) is 0 Å². The summed E-state index contributed by atoms with van der Waals surface area (Å²) in [5.41, 5.74) is 0. The van der Waals surface area contributed by atoms with Crippen molar-refractivity contribution in [1.29, 1.82) is 0 Å². The zero-order valence-electron chi connectivity index (χ0n) is 8.94. The summed E-state index contributed by atoms with van der Waals surface area (Å²) in [4.78, 5) is 12.5. The van der Waals surface area contributed by atoms with Crippen molar-refractivity contribution < 1.29 is 9.90 Å². The Morgan fingerprint density at radius 2 is 1.94 bits per heavy atom. The second kappa shape index (κ2) is 6.61. The van der Waals surface area contributed by atoms with Crippen LogP contribution in [0, 0.1) is 0 Å². The fourth-order valence-corrected chi connectivity index (χ4v) is 2.28. The molecule has 0 atom stereocenters. The fourth-order valence-electron chi connectivity index (χ4n) is 1.14. The number of aliphatic carboxylic acids is 1. The van der Waals surface area contributed by atoms with Gasteiger partial charge in [0.1, 0.15) is 0 Å². The zero-order chi connectivity index (χ0) is 12.0. The third kappa shape index (κ3) is 4.73. The molecule has 0 spiro atoms. The lowest BCUT2D eigenvalue weighted by molar-refractivity contribution is -0.136. The summed E-state index contributed by atoms with van der Waals surface area (Å²) in [5.74, 6) is -0.802. The van der Waals surface area contributed by atoms with Gasteiger partial charge in [0.15, 0.2) is 0 Å². The van der Waals surface area contributed by atoms with Gasteiger partial charge in [-0.1, -0.05) is 41.6 Å². The fraction of sp³-hybridized carbons (Fsp3) is 0.250. The molecule has 0 radical (unpaired) electrons. The molecule has 0 saturated carbocycles. The number of hydrogen-bond acceptors (Lipinski definition) is 2. The first-order valence-corrected chi connectivity index (χ1v) is 6.09. The summed E-state index contributed by atoms with van der Waals surface area (Å²) in [5, 5.41) is 9.30. The van der Waals surface area contributed by atoms with Gasteiger partial charge in [-0.3, -0.25) is 4.79 Å². The molecule has 0 unspecified atom stereocenters. The lowest BCUT2D eigenvalue weighted by Crippen LogP contribution is -1.94. The smallest absolute Gasteiger partial charge is 0.303 e. The highest BCUT2D eigenvalue weighted by molar-refractivity contribution is 8.03. The Morgan fingerprint density at radius 1 is 1.31 bits per heavy atom. The Bertz CT molecular complexity index is 383. The van der Waals surface area contributed by atoms with E-state index in [1.807, 2.05) is 30.3 Å². The first kappa shape index (κ1) is 13.1. The maximum atomic E-state index is 10.5. The van der Waals surface area contributed by atoms with Crippen LogP contribution in [0.4, 0.5) is 0 Å². The number of allylic oxidation sites excluding steroid dienone is 2. The number of carbonyl (C=O) groups is 1. The second-order valence-electron chi connectivity index (χ2n) is 3.27. The number of rotatable bonds is 5. The molecular formula is C12H13ClO2S. The van der Waals surface area contributed by atoms with Crippen LogP contribution in [0.1, 0.15) is 19.8 Å². The molecule has 0 heterocycles. The lowest BCUT2D eigenvalue weighted by atomic mass is 10.3. The Labute approximate surface area is 104 Å². The van der Waals surface area contributed by atoms with E-state index < -0.39 is 5.97 Å². The zero-order valence-corrected chi connectivity index (χ0v) is 10.5. The molecule has 1 aromatic rings. The summed E-state index contributed by atoms with van der Waals surface area (Å²) in [7, 11) is 0. The van der Waals surface area contributed by atoms with Gasteiger partial charge in [0.2, 0.25) is 0 Å². The first-order chi connectivity index (χ1) is 7.59. The number of thioether (sulfide) groups is 1. The highest BCUT2D eigenvalue weighted by atomic mass is 35.5. The first-order valence-electron chi connectivity index (χ1n) is 4.89. The van der Waals surface area contributed by atoms with E-state index in [1.165, 1.54) is 11.8 Å². The van der Waals surface area contributed by atoms with Crippen LogP contribution in [0.15, 0.2) is 45.2 Å². The van der Waals surface area contributed by atoms with Gasteiger partial charge in [0.25, 0.3) is 0 Å². The maximum Gasteiger partial charge on any atom is 0.303 e. The topological polar surface area (TPSA) is 37.3 Å². The minimum absolute atomic E-state index is 0.110. The molecule has 0 aliphatic rings. The van der Waals surface area contributed by atoms with E-state index in [2.05, 4.69) is 0 Å². The minimum Gasteiger partial charge on any atom is -0.481 e. The Balaban J connectivity index is 2.67. The highest BCUT2D eigenvalue weighted by Gasteiger charge is 2.06. The van der Waals surface area contributed by atoms with Crippen molar-refractivity contribution in [2.45, 2.75) is 24.7 Å². The van der Waals surface area contributed by atoms with E-state index >= 15 is 0 Å². The molecule has 1 aromatic carbocycles. The van der Waals surface area contributed by atoms with Crippen molar-refractivity contribution in [3.8, 4) is 0 Å². The van der Waals surface area contributed by atoms with Crippen molar-refractivity contribution in [3.05, 3.63) is 40.3 Å². The minimum atomic E-state index is -0.802. The number of halogens is 1. The van der Waals surface area contributed by atoms with Crippen LogP contribution in [-0.4, -0.2) is 11.1 Å². The van der Waals surface area contributed by atoms with Gasteiger partial charge in [-0.15, -0.1) is 0 Å². The van der Waals surface area contributed by atoms with Gasteiger partial charge in [-0.2, -0.15) is 0 Å². The van der Waals surface area contributed by atoms with E-state index in [4.69, 9.17) is 16.7 Å². The van der Waals surface area contributed by atoms with Crippen LogP contribution in [0.25, 0.3) is 0 Å². The Morgan fingerprint density at radius 3 is 2.44 bits per heavy atom. The molecule has 0 aliphatic heterocycles. The van der Waals surface area contributed by atoms with Gasteiger partial charge in [0.05, 0.1) is 0 Å². The second-order valence-corrected chi connectivity index (χ2v) is 5.00. The molecule has 4 heteroatoms. The summed E-state index contributed by atoms with van der Waals surface area (Å²) in [6, 6.07) is 9.79. The standard InChI is InChI=1S/C12H13ClO2S/c1-9(13)11(7-8-12(14)15)16-10-5-3-2-4-6-10/h2-6H,7-8H2,1H3,(H,14,15)/b11-9+. The van der Waals surface area contributed by atoms with Gasteiger partial charge >= 0.3 is 5.97 Å². The Hall–Kier alpha value is -0.930. The highest BCUT2D eigenvalue weighted by Crippen LogP contribution is 2.33. The maximum absolute atomic E-state index is 10.5. The monoisotopic (exact) mass is 256 g/mol. The lowest BCUT2D eigenvalue weighted by Gasteiger charge is -2.06. The predicted octanol–water partition coefficient (Wildman–Crippen LogP) is 4.11. The molecule has 16 heavy (non-hydrogen) atoms. The van der Waals surface area contributed by atoms with Crippen LogP contribution in [0.5, 0.6) is 0 Å². The van der Waals surface area contributed by atoms with Crippen molar-refractivity contribution >= 4 is 29.3 Å². The SMILES string of the molecule is C/C(Cl)=C(/CCC(=O)O)Sc1ccccc1. The van der Waals surface area contributed by atoms with Gasteiger partial charge in [0, 0.05) is 21.3 Å². The van der Waals surface area contributed by atoms with Crippen molar-refractivity contribution in [1.82, 2.24) is 0 Å². The number of carboxylic acid groups (broad SMARTS) is 1. The summed E-state index contributed by atoms with van der Waals surface area (Å²) in [6.07, 6.45) is 0.587. The molecule has 2 nitrogen and oxygen atoms in total. The quantitative estimate of drug-likeness (QED) is 0.806. The van der Waals surface area contributed by atoms with E-state index in [1.54, 1.807) is 6.92 Å². The molecular weight excluding hydrogens is 244 g/mol. The third-order valence-corrected chi connectivity index (χ3v) is 3.54. The summed E-state index contributed by atoms with van der Waals surface area (Å²) in [6.45, 7) is 1.79. The van der Waals surface area contributed by atoms with Gasteiger partial charge < -0.3 is 5.11 Å². The molecule has 0 bridgehead atoms. The number of hydrogen-bond donors (Lipinski definition) is 1. The molecule has 86 valence electrons. The average molecular weight is 257 g/mol. The predicted molar refractivity (Wildman–Crippen MR) is 67.7 cm³/mol. The molecule has 1 N–H and O–H groups in total. The molecule has 0 saturated heterocycles. The molecule has 0 aliphatic carbocycles. The number of benzene rings is 1. The normalized spacial score (nSPS) is 12.1. The molecule has 0 fully saturated rings. The van der Waals surface area contributed by atoms with Crippen molar-refractivity contribution in [2.24, 2.45) is 0 Å². The van der Waals surface area contributed by atoms with Crippen LogP contribution in [0.2, 0.25) is 0 Å². The van der Waals surface area contributed by atoms with Crippen LogP contribution in [-0.2, 0) is 4.79 Å². The van der Waals surface area contributed by atoms with Gasteiger partial charge in [-0.05, 0) is 25.5 Å². The van der Waals surface area contributed by atoms with E-state index in [0.29, 0.717) is 11.5 Å². The largest absolute Gasteiger partial charge is 0.481 e. The third-order valence-electron chi connectivity index (χ3n) is 1.93. The Kier molecular flexibility index (Phi) is 5.43. The summed E-state index contributed by atoms with van der Waals surface area (Å²) >= 11 is 7.47. The molecule has 0 aromatic heterocycles. The molecule has 1 rings (SSSR count). The van der Waals surface area contributed by atoms with Gasteiger partial charge in [-0.25, -0.2) is 0 Å². The van der Waals surface area contributed by atoms with Crippen LogP contribution < -0.4 is 0 Å². The van der Waals surface area contributed by atoms with Crippen LogP contribution in [0.3, 0.4) is 0 Å².